The van der Waals surface area contributed by atoms with Crippen LogP contribution in [0.25, 0.3) is 0 Å². The van der Waals surface area contributed by atoms with Gasteiger partial charge in [-0.2, -0.15) is 0 Å². The van der Waals surface area contributed by atoms with Gasteiger partial charge in [-0.3, -0.25) is 4.79 Å². The van der Waals surface area contributed by atoms with Crippen LogP contribution in [0.2, 0.25) is 0 Å². The summed E-state index contributed by atoms with van der Waals surface area (Å²) in [7, 11) is 1.71. The predicted octanol–water partition coefficient (Wildman–Crippen LogP) is 4.17. The molecule has 3 aliphatic carbocycles. The molecule has 1 aromatic rings. The van der Waals surface area contributed by atoms with Crippen LogP contribution in [-0.2, 0) is 11.2 Å². The van der Waals surface area contributed by atoms with Crippen LogP contribution in [0.5, 0.6) is 5.75 Å². The summed E-state index contributed by atoms with van der Waals surface area (Å²) in [5.41, 5.74) is 3.24. The molecule has 1 N–H and O–H groups in total. The standard InChI is InChI=1S/C20H24O3/c1-20-8-7-16-15-6-4-14(23-2)9-12(15)3-5-17(16)18(20)10-13(11-21)19(20)22/h4,6,9,11,16-18,21H,3,5,7-8,10H2,1-2H3/b13-11-/t16-,17-,18+,20-/m1/s1. The maximum atomic E-state index is 12.7. The third-order valence-electron chi connectivity index (χ3n) is 6.73. The van der Waals surface area contributed by atoms with E-state index in [1.54, 1.807) is 7.11 Å². The van der Waals surface area contributed by atoms with Crippen molar-refractivity contribution in [3.8, 4) is 5.75 Å². The number of allylic oxidation sites excluding steroid dienone is 1. The Bertz CT molecular complexity index is 690. The predicted molar refractivity (Wildman–Crippen MR) is 88.7 cm³/mol. The highest BCUT2D eigenvalue weighted by Crippen LogP contribution is 2.60. The summed E-state index contributed by atoms with van der Waals surface area (Å²) in [6.07, 6.45) is 6.01. The molecule has 0 radical (unpaired) electrons. The monoisotopic (exact) mass is 312 g/mol. The van der Waals surface area contributed by atoms with Gasteiger partial charge in [-0.25, -0.2) is 0 Å². The van der Waals surface area contributed by atoms with E-state index in [4.69, 9.17) is 4.74 Å². The molecule has 4 rings (SSSR count). The first kappa shape index (κ1) is 14.8. The van der Waals surface area contributed by atoms with Gasteiger partial charge in [0, 0.05) is 11.0 Å². The van der Waals surface area contributed by atoms with Crippen LogP contribution in [0.3, 0.4) is 0 Å². The van der Waals surface area contributed by atoms with E-state index < -0.39 is 0 Å². The molecule has 2 fully saturated rings. The number of fused-ring (bicyclic) bond motifs is 5. The van der Waals surface area contributed by atoms with Gasteiger partial charge in [0.05, 0.1) is 13.4 Å². The summed E-state index contributed by atoms with van der Waals surface area (Å²) in [6.45, 7) is 2.12. The highest BCUT2D eigenvalue weighted by atomic mass is 16.5. The number of ether oxygens (including phenoxy) is 1. The van der Waals surface area contributed by atoms with Crippen molar-refractivity contribution in [1.82, 2.24) is 0 Å². The number of ketones is 1. The zero-order valence-corrected chi connectivity index (χ0v) is 13.8. The first-order valence-corrected chi connectivity index (χ1v) is 8.63. The minimum atomic E-state index is -0.264. The number of rotatable bonds is 1. The van der Waals surface area contributed by atoms with E-state index in [9.17, 15) is 9.90 Å². The van der Waals surface area contributed by atoms with Gasteiger partial charge in [0.15, 0.2) is 5.78 Å². The minimum absolute atomic E-state index is 0.184. The molecule has 122 valence electrons. The number of hydrogen-bond acceptors (Lipinski definition) is 3. The van der Waals surface area contributed by atoms with Crippen molar-refractivity contribution in [3.05, 3.63) is 41.2 Å². The fourth-order valence-corrected chi connectivity index (χ4v) is 5.47. The van der Waals surface area contributed by atoms with Gasteiger partial charge in [0.2, 0.25) is 0 Å². The average Bonchev–Trinajstić information content (AvgIpc) is 2.85. The molecule has 23 heavy (non-hydrogen) atoms. The molecule has 0 aromatic heterocycles. The lowest BCUT2D eigenvalue weighted by Crippen LogP contribution is -2.42. The third-order valence-corrected chi connectivity index (χ3v) is 6.73. The summed E-state index contributed by atoms with van der Waals surface area (Å²) in [5, 5.41) is 9.41. The fraction of sp³-hybridized carbons (Fsp3) is 0.550. The van der Waals surface area contributed by atoms with Gasteiger partial charge in [0.25, 0.3) is 0 Å². The van der Waals surface area contributed by atoms with E-state index in [0.29, 0.717) is 23.3 Å². The Morgan fingerprint density at radius 1 is 1.35 bits per heavy atom. The zero-order chi connectivity index (χ0) is 16.2. The van der Waals surface area contributed by atoms with Crippen molar-refractivity contribution >= 4 is 5.78 Å². The van der Waals surface area contributed by atoms with Crippen LogP contribution >= 0.6 is 0 Å². The molecule has 1 aromatic carbocycles. The van der Waals surface area contributed by atoms with Gasteiger partial charge in [-0.15, -0.1) is 0 Å². The number of carbonyl (C=O) groups is 1. The largest absolute Gasteiger partial charge is 0.515 e. The molecular weight excluding hydrogens is 288 g/mol. The number of hydrogen-bond donors (Lipinski definition) is 1. The van der Waals surface area contributed by atoms with Crippen LogP contribution in [0.4, 0.5) is 0 Å². The quantitative estimate of drug-likeness (QED) is 0.625. The Balaban J connectivity index is 1.71. The van der Waals surface area contributed by atoms with Crippen molar-refractivity contribution in [3.63, 3.8) is 0 Å². The molecule has 3 heteroatoms. The maximum Gasteiger partial charge on any atom is 0.168 e. The Kier molecular flexibility index (Phi) is 3.29. The topological polar surface area (TPSA) is 46.5 Å². The first-order valence-electron chi connectivity index (χ1n) is 8.63. The van der Waals surface area contributed by atoms with Gasteiger partial charge in [-0.05, 0) is 73.1 Å². The van der Waals surface area contributed by atoms with Crippen molar-refractivity contribution in [2.45, 2.75) is 44.9 Å². The van der Waals surface area contributed by atoms with Gasteiger partial charge < -0.3 is 9.84 Å². The number of methoxy groups -OCH3 is 1. The number of Topliss-reactive ketones (excluding diaryl/α,β-unsaturated/α-hetero) is 1. The molecule has 0 spiro atoms. The van der Waals surface area contributed by atoms with Gasteiger partial charge in [0.1, 0.15) is 5.75 Å². The summed E-state index contributed by atoms with van der Waals surface area (Å²) < 4.78 is 5.36. The van der Waals surface area contributed by atoms with Crippen LogP contribution in [0, 0.1) is 17.3 Å². The molecular formula is C20H24O3. The van der Waals surface area contributed by atoms with Crippen molar-refractivity contribution in [2.75, 3.05) is 7.11 Å². The van der Waals surface area contributed by atoms with Crippen LogP contribution in [-0.4, -0.2) is 18.0 Å². The highest BCUT2D eigenvalue weighted by molar-refractivity contribution is 6.02. The molecule has 0 bridgehead atoms. The van der Waals surface area contributed by atoms with Gasteiger partial charge >= 0.3 is 0 Å². The number of benzene rings is 1. The Hall–Kier alpha value is -1.77. The highest BCUT2D eigenvalue weighted by Gasteiger charge is 2.56. The molecule has 4 atom stereocenters. The molecule has 0 unspecified atom stereocenters. The molecule has 0 amide bonds. The van der Waals surface area contributed by atoms with Crippen LogP contribution in [0.15, 0.2) is 30.0 Å². The van der Waals surface area contributed by atoms with Gasteiger partial charge in [-0.1, -0.05) is 13.0 Å². The summed E-state index contributed by atoms with van der Waals surface area (Å²) in [6, 6.07) is 6.47. The van der Waals surface area contributed by atoms with E-state index in [2.05, 4.69) is 25.1 Å². The lowest BCUT2D eigenvalue weighted by molar-refractivity contribution is -0.127. The molecule has 0 saturated heterocycles. The normalized spacial score (nSPS) is 37.2. The third kappa shape index (κ3) is 1.98. The first-order chi connectivity index (χ1) is 11.1. The van der Waals surface area contributed by atoms with Crippen molar-refractivity contribution < 1.29 is 14.6 Å². The average molecular weight is 312 g/mol. The summed E-state index contributed by atoms with van der Waals surface area (Å²) >= 11 is 0. The van der Waals surface area contributed by atoms with E-state index >= 15 is 0 Å². The smallest absolute Gasteiger partial charge is 0.168 e. The Morgan fingerprint density at radius 3 is 2.91 bits per heavy atom. The second kappa shape index (κ2) is 5.12. The van der Waals surface area contributed by atoms with Crippen LogP contribution in [0.1, 0.15) is 49.7 Å². The number of aryl methyl sites for hydroxylation is 1. The molecule has 3 nitrogen and oxygen atoms in total. The number of carbonyl (C=O) groups excluding carboxylic acids is 1. The summed E-state index contributed by atoms with van der Waals surface area (Å²) in [4.78, 5) is 12.7. The molecule has 2 saturated carbocycles. The Morgan fingerprint density at radius 2 is 2.17 bits per heavy atom. The fourth-order valence-electron chi connectivity index (χ4n) is 5.47. The zero-order valence-electron chi connectivity index (χ0n) is 13.8. The minimum Gasteiger partial charge on any atom is -0.515 e. The SMILES string of the molecule is COc1ccc2c(c1)CC[C@@H]1[C@@H]2CC[C@@]2(C)C(=O)/C(=C\O)C[C@@H]12. The molecule has 0 heterocycles. The van der Waals surface area contributed by atoms with E-state index in [1.165, 1.54) is 11.1 Å². The second-order valence-electron chi connectivity index (χ2n) is 7.62. The summed E-state index contributed by atoms with van der Waals surface area (Å²) in [5.74, 6) is 2.60. The van der Waals surface area contributed by atoms with E-state index in [1.807, 2.05) is 0 Å². The number of aliphatic hydroxyl groups excluding tert-OH is 1. The second-order valence-corrected chi connectivity index (χ2v) is 7.62. The lowest BCUT2D eigenvalue weighted by Gasteiger charge is -2.48. The van der Waals surface area contributed by atoms with Crippen molar-refractivity contribution in [1.29, 1.82) is 0 Å². The molecule has 3 aliphatic rings. The maximum absolute atomic E-state index is 12.7. The van der Waals surface area contributed by atoms with E-state index in [-0.39, 0.29) is 11.2 Å². The van der Waals surface area contributed by atoms with E-state index in [0.717, 1.165) is 44.1 Å². The Labute approximate surface area is 137 Å². The molecule has 0 aliphatic heterocycles. The lowest BCUT2D eigenvalue weighted by atomic mass is 9.55. The van der Waals surface area contributed by atoms with Crippen LogP contribution < -0.4 is 4.74 Å². The number of aliphatic hydroxyl groups is 1. The van der Waals surface area contributed by atoms with Crippen molar-refractivity contribution in [2.24, 2.45) is 17.3 Å².